The van der Waals surface area contributed by atoms with Gasteiger partial charge in [-0.25, -0.2) is 0 Å². The first-order valence-corrected chi connectivity index (χ1v) is 10.4. The summed E-state index contributed by atoms with van der Waals surface area (Å²) in [7, 11) is 0. The summed E-state index contributed by atoms with van der Waals surface area (Å²) >= 11 is 0. The summed E-state index contributed by atoms with van der Waals surface area (Å²) in [6.45, 7) is 8.94. The highest BCUT2D eigenvalue weighted by Crippen LogP contribution is 2.17. The Kier molecular flexibility index (Phi) is 6.98. The molecule has 6 heteroatoms. The Hall–Kier alpha value is -3.02. The molecule has 0 spiro atoms. The molecule has 0 aliphatic carbocycles. The van der Waals surface area contributed by atoms with Crippen molar-refractivity contribution in [3.63, 3.8) is 0 Å². The Morgan fingerprint density at radius 3 is 2.27 bits per heavy atom. The van der Waals surface area contributed by atoms with Crippen molar-refractivity contribution in [2.45, 2.75) is 66.3 Å². The largest absolute Gasteiger partial charge is 0.461 e. The molecule has 0 bridgehead atoms. The number of hydrogen-bond acceptors (Lipinski definition) is 5. The minimum absolute atomic E-state index is 0.0499. The number of Topliss-reactive ketones (excluding diaryl/α,β-unsaturated/α-hetero) is 2. The topological polar surface area (TPSA) is 78.0 Å². The van der Waals surface area contributed by atoms with Crippen LogP contribution < -0.4 is 0 Å². The number of hydrogen-bond donors (Lipinski definition) is 0. The molecule has 0 aliphatic heterocycles. The Morgan fingerprint density at radius 1 is 0.967 bits per heavy atom. The quantitative estimate of drug-likeness (QED) is 0.466. The average Bonchev–Trinajstić information content (AvgIpc) is 3.38. The number of nitrogens with zero attached hydrogens (tertiary/aromatic N) is 3. The molecule has 158 valence electrons. The molecule has 0 fully saturated rings. The lowest BCUT2D eigenvalue weighted by molar-refractivity contribution is -0.118. The zero-order chi connectivity index (χ0) is 21.7. The van der Waals surface area contributed by atoms with Crippen LogP contribution in [-0.4, -0.2) is 26.3 Å². The van der Waals surface area contributed by atoms with Gasteiger partial charge in [-0.3, -0.25) is 9.59 Å². The zero-order valence-corrected chi connectivity index (χ0v) is 18.2. The van der Waals surface area contributed by atoms with Crippen LogP contribution in [0, 0.1) is 20.8 Å². The SMILES string of the molecule is CCn1c(CCC(=O)Cc2cc(C)c(C)cc2C)nnc1CCC(=O)c1ccco1. The molecule has 3 aromatic rings. The van der Waals surface area contributed by atoms with Crippen molar-refractivity contribution in [3.8, 4) is 0 Å². The summed E-state index contributed by atoms with van der Waals surface area (Å²) < 4.78 is 7.16. The zero-order valence-electron chi connectivity index (χ0n) is 18.2. The van der Waals surface area contributed by atoms with Crippen molar-refractivity contribution >= 4 is 11.6 Å². The van der Waals surface area contributed by atoms with E-state index in [0.29, 0.717) is 44.4 Å². The van der Waals surface area contributed by atoms with Gasteiger partial charge in [-0.15, -0.1) is 10.2 Å². The summed E-state index contributed by atoms with van der Waals surface area (Å²) in [6, 6.07) is 7.63. The Balaban J connectivity index is 1.58. The highest BCUT2D eigenvalue weighted by atomic mass is 16.3. The van der Waals surface area contributed by atoms with Crippen LogP contribution in [0.25, 0.3) is 0 Å². The summed E-state index contributed by atoms with van der Waals surface area (Å²) in [5.74, 6) is 2.07. The monoisotopic (exact) mass is 407 g/mol. The number of benzene rings is 1. The minimum atomic E-state index is -0.0499. The highest BCUT2D eigenvalue weighted by Gasteiger charge is 2.16. The maximum Gasteiger partial charge on any atom is 0.198 e. The van der Waals surface area contributed by atoms with Gasteiger partial charge in [-0.05, 0) is 62.1 Å². The molecule has 0 amide bonds. The Labute approximate surface area is 177 Å². The second-order valence-corrected chi connectivity index (χ2v) is 7.76. The first-order valence-electron chi connectivity index (χ1n) is 10.4. The molecule has 3 rings (SSSR count). The van der Waals surface area contributed by atoms with Crippen LogP contribution in [0.15, 0.2) is 34.9 Å². The fraction of sp³-hybridized carbons (Fsp3) is 0.417. The number of rotatable bonds is 10. The molecule has 0 saturated heterocycles. The molecule has 2 heterocycles. The van der Waals surface area contributed by atoms with E-state index < -0.39 is 0 Å². The molecule has 0 N–H and O–H groups in total. The molecule has 0 unspecified atom stereocenters. The van der Waals surface area contributed by atoms with E-state index >= 15 is 0 Å². The molecular weight excluding hydrogens is 378 g/mol. The maximum absolute atomic E-state index is 12.6. The normalized spacial score (nSPS) is 11.1. The van der Waals surface area contributed by atoms with Crippen LogP contribution in [0.4, 0.5) is 0 Å². The van der Waals surface area contributed by atoms with E-state index in [1.807, 2.05) is 11.5 Å². The van der Waals surface area contributed by atoms with Crippen LogP contribution in [0.5, 0.6) is 0 Å². The van der Waals surface area contributed by atoms with Gasteiger partial charge in [0.2, 0.25) is 0 Å². The predicted molar refractivity (Wildman–Crippen MR) is 115 cm³/mol. The van der Waals surface area contributed by atoms with Crippen molar-refractivity contribution < 1.29 is 14.0 Å². The van der Waals surface area contributed by atoms with Gasteiger partial charge in [-0.2, -0.15) is 0 Å². The van der Waals surface area contributed by atoms with E-state index in [4.69, 9.17) is 4.42 Å². The smallest absolute Gasteiger partial charge is 0.198 e. The van der Waals surface area contributed by atoms with E-state index in [9.17, 15) is 9.59 Å². The van der Waals surface area contributed by atoms with Crippen LogP contribution in [0.3, 0.4) is 0 Å². The van der Waals surface area contributed by atoms with E-state index in [1.54, 1.807) is 12.1 Å². The summed E-state index contributed by atoms with van der Waals surface area (Å²) in [5, 5.41) is 8.53. The van der Waals surface area contributed by atoms with Crippen molar-refractivity contribution in [2.24, 2.45) is 0 Å². The average molecular weight is 408 g/mol. The molecule has 0 radical (unpaired) electrons. The summed E-state index contributed by atoms with van der Waals surface area (Å²) in [5.41, 5.74) is 4.71. The molecule has 0 saturated carbocycles. The molecule has 1 aromatic carbocycles. The van der Waals surface area contributed by atoms with Gasteiger partial charge in [0.1, 0.15) is 17.4 Å². The fourth-order valence-electron chi connectivity index (χ4n) is 3.66. The Morgan fingerprint density at radius 2 is 1.63 bits per heavy atom. The molecule has 6 nitrogen and oxygen atoms in total. The fourth-order valence-corrected chi connectivity index (χ4v) is 3.66. The lowest BCUT2D eigenvalue weighted by atomic mass is 9.96. The molecule has 0 aliphatic rings. The number of carbonyl (C=O) groups excluding carboxylic acids is 2. The van der Waals surface area contributed by atoms with Crippen molar-refractivity contribution in [2.75, 3.05) is 0 Å². The Bertz CT molecular complexity index is 1030. The van der Waals surface area contributed by atoms with E-state index in [1.165, 1.54) is 17.4 Å². The lowest BCUT2D eigenvalue weighted by Gasteiger charge is -2.10. The van der Waals surface area contributed by atoms with Crippen LogP contribution in [0.1, 0.15) is 64.2 Å². The van der Waals surface area contributed by atoms with Crippen molar-refractivity contribution in [3.05, 3.63) is 70.2 Å². The van der Waals surface area contributed by atoms with Crippen molar-refractivity contribution in [1.82, 2.24) is 14.8 Å². The summed E-state index contributed by atoms with van der Waals surface area (Å²) in [4.78, 5) is 24.7. The maximum atomic E-state index is 12.6. The van der Waals surface area contributed by atoms with Crippen molar-refractivity contribution in [1.29, 1.82) is 0 Å². The van der Waals surface area contributed by atoms with E-state index in [-0.39, 0.29) is 11.6 Å². The number of ketones is 2. The standard InChI is InChI=1S/C24H29N3O3/c1-5-27-23(25-26-24(27)11-9-21(29)22-7-6-12-30-22)10-8-20(28)15-19-14-17(3)16(2)13-18(19)4/h6-7,12-14H,5,8-11,15H2,1-4H3. The van der Waals surface area contributed by atoms with Gasteiger partial charge in [0, 0.05) is 38.6 Å². The molecule has 0 atom stereocenters. The number of aryl methyl sites for hydroxylation is 5. The minimum Gasteiger partial charge on any atom is -0.461 e. The number of carbonyl (C=O) groups is 2. The second kappa shape index (κ2) is 9.65. The third-order valence-corrected chi connectivity index (χ3v) is 5.56. The molecule has 30 heavy (non-hydrogen) atoms. The number of furan rings is 1. The first-order chi connectivity index (χ1) is 14.4. The van der Waals surface area contributed by atoms with Crippen LogP contribution in [0.2, 0.25) is 0 Å². The third-order valence-electron chi connectivity index (χ3n) is 5.56. The van der Waals surface area contributed by atoms with Gasteiger partial charge < -0.3 is 8.98 Å². The van der Waals surface area contributed by atoms with Gasteiger partial charge in [0.15, 0.2) is 11.5 Å². The molecule has 2 aromatic heterocycles. The van der Waals surface area contributed by atoms with E-state index in [2.05, 4.69) is 43.1 Å². The lowest BCUT2D eigenvalue weighted by Crippen LogP contribution is -2.11. The van der Waals surface area contributed by atoms with Gasteiger partial charge in [-0.1, -0.05) is 12.1 Å². The van der Waals surface area contributed by atoms with Crippen LogP contribution in [-0.2, 0) is 30.6 Å². The van der Waals surface area contributed by atoms with Crippen LogP contribution >= 0.6 is 0 Å². The van der Waals surface area contributed by atoms with Gasteiger partial charge in [0.25, 0.3) is 0 Å². The highest BCUT2D eigenvalue weighted by molar-refractivity contribution is 5.93. The molecular formula is C24H29N3O3. The van der Waals surface area contributed by atoms with E-state index in [0.717, 1.165) is 22.8 Å². The predicted octanol–water partition coefficient (Wildman–Crippen LogP) is 4.38. The second-order valence-electron chi connectivity index (χ2n) is 7.76. The number of aromatic nitrogens is 3. The van der Waals surface area contributed by atoms with Gasteiger partial charge >= 0.3 is 0 Å². The first kappa shape index (κ1) is 21.7. The summed E-state index contributed by atoms with van der Waals surface area (Å²) in [6.07, 6.45) is 3.73. The third kappa shape index (κ3) is 5.12. The van der Waals surface area contributed by atoms with Gasteiger partial charge in [0.05, 0.1) is 6.26 Å².